The normalized spacial score (nSPS) is 9.32. The summed E-state index contributed by atoms with van der Waals surface area (Å²) in [6.45, 7) is 2.10. The zero-order chi connectivity index (χ0) is 23.3. The molecule has 0 unspecified atom stereocenters. The monoisotopic (exact) mass is 627 g/mol. The van der Waals surface area contributed by atoms with E-state index in [-0.39, 0.29) is 32.6 Å². The maximum absolute atomic E-state index is 10.3. The number of aromatic nitrogens is 2. The van der Waals surface area contributed by atoms with E-state index in [1.807, 2.05) is 60.9 Å². The van der Waals surface area contributed by atoms with Crippen LogP contribution in [0, 0.1) is 6.92 Å². The minimum Gasteiger partial charge on any atom is -0.872 e. The Morgan fingerprint density at radius 3 is 1.18 bits per heavy atom. The number of rotatable bonds is 2. The Morgan fingerprint density at radius 2 is 0.882 bits per heavy atom. The third-order valence-corrected chi connectivity index (χ3v) is 4.49. The summed E-state index contributed by atoms with van der Waals surface area (Å²) >= 11 is 0. The average molecular weight is 628 g/mol. The molecule has 0 spiro atoms. The van der Waals surface area contributed by atoms with Gasteiger partial charge in [-0.05, 0) is 55.0 Å². The largest absolute Gasteiger partial charge is 2.00 e. The Hall–Kier alpha value is -3.75. The molecular weight excluding hydrogens is 603 g/mol. The summed E-state index contributed by atoms with van der Waals surface area (Å²) in [5, 5.41) is 20.5. The number of para-hydroxylation sites is 2. The number of nitrogens with zero attached hydrogens (tertiary/aromatic N) is 2. The van der Waals surface area contributed by atoms with Crippen LogP contribution >= 0.6 is 0 Å². The van der Waals surface area contributed by atoms with Crippen molar-refractivity contribution >= 4 is 0 Å². The number of hydrogen-bond donors (Lipinski definition) is 0. The first-order valence-electron chi connectivity index (χ1n) is 10.5. The second-order valence-electron chi connectivity index (χ2n) is 7.14. The van der Waals surface area contributed by atoms with Crippen LogP contribution in [0.15, 0.2) is 128 Å². The summed E-state index contributed by atoms with van der Waals surface area (Å²) in [5.41, 5.74) is 5.44. The van der Waals surface area contributed by atoms with E-state index >= 15 is 0 Å². The van der Waals surface area contributed by atoms with Gasteiger partial charge in [-0.2, -0.15) is 0 Å². The van der Waals surface area contributed by atoms with Crippen LogP contribution in [0.5, 0.6) is 11.5 Å². The van der Waals surface area contributed by atoms with Crippen molar-refractivity contribution in [2.45, 2.75) is 6.92 Å². The first kappa shape index (κ1) is 26.5. The third-order valence-electron chi connectivity index (χ3n) is 4.49. The molecule has 5 aromatic rings. The van der Waals surface area contributed by atoms with Crippen LogP contribution in [0.1, 0.15) is 5.56 Å². The fraction of sp³-hybridized carbons (Fsp3) is 0.0345. The quantitative estimate of drug-likeness (QED) is 0.254. The van der Waals surface area contributed by atoms with E-state index in [0.29, 0.717) is 0 Å². The fourth-order valence-corrected chi connectivity index (χ4v) is 2.99. The van der Waals surface area contributed by atoms with Gasteiger partial charge in [0.05, 0.1) is 11.4 Å². The first-order valence-corrected chi connectivity index (χ1v) is 10.5. The van der Waals surface area contributed by atoms with Crippen LogP contribution < -0.4 is 10.2 Å². The molecule has 172 valence electrons. The van der Waals surface area contributed by atoms with Gasteiger partial charge in [0.2, 0.25) is 0 Å². The second kappa shape index (κ2) is 14.4. The number of hydrogen-bond acceptors (Lipinski definition) is 4. The maximum atomic E-state index is 10.3. The van der Waals surface area contributed by atoms with E-state index in [4.69, 9.17) is 0 Å². The molecule has 5 rings (SSSR count). The molecule has 34 heavy (non-hydrogen) atoms. The molecule has 0 N–H and O–H groups in total. The van der Waals surface area contributed by atoms with Gasteiger partial charge in [0.15, 0.2) is 0 Å². The van der Waals surface area contributed by atoms with Crippen molar-refractivity contribution in [3.8, 4) is 34.0 Å². The van der Waals surface area contributed by atoms with Crippen molar-refractivity contribution in [2.75, 3.05) is 0 Å². The van der Waals surface area contributed by atoms with Gasteiger partial charge in [-0.1, -0.05) is 72.8 Å². The molecule has 3 aromatic carbocycles. The maximum Gasteiger partial charge on any atom is 2.00 e. The molecule has 0 aliphatic carbocycles. The minimum absolute atomic E-state index is 0. The van der Waals surface area contributed by atoms with Gasteiger partial charge in [0.1, 0.15) is 0 Å². The summed E-state index contributed by atoms with van der Waals surface area (Å²) < 4.78 is 0. The van der Waals surface area contributed by atoms with Crippen molar-refractivity contribution in [2.24, 2.45) is 0 Å². The zero-order valence-corrected chi connectivity index (χ0v) is 20.9. The summed E-state index contributed by atoms with van der Waals surface area (Å²) in [6, 6.07) is 35.0. The molecule has 0 bridgehead atoms. The van der Waals surface area contributed by atoms with Crippen LogP contribution in [0.2, 0.25) is 0 Å². The topological polar surface area (TPSA) is 71.9 Å². The van der Waals surface area contributed by atoms with E-state index in [0.717, 1.165) is 22.5 Å². The number of benzene rings is 3. The first-order chi connectivity index (χ1) is 16.1. The Morgan fingerprint density at radius 1 is 0.500 bits per heavy atom. The molecule has 4 nitrogen and oxygen atoms in total. The molecular formula is C29H24N2O2Pt. The van der Waals surface area contributed by atoms with Gasteiger partial charge < -0.3 is 10.2 Å². The third kappa shape index (κ3) is 9.01. The van der Waals surface area contributed by atoms with Gasteiger partial charge in [0, 0.05) is 23.5 Å². The Kier molecular flexibility index (Phi) is 11.2. The minimum atomic E-state index is 0. The van der Waals surface area contributed by atoms with Crippen molar-refractivity contribution < 1.29 is 31.3 Å². The average Bonchev–Trinajstić information content (AvgIpc) is 2.86. The molecule has 0 fully saturated rings. The van der Waals surface area contributed by atoms with Crippen molar-refractivity contribution in [1.29, 1.82) is 0 Å². The molecule has 0 aliphatic rings. The second-order valence-corrected chi connectivity index (χ2v) is 7.14. The van der Waals surface area contributed by atoms with Crippen LogP contribution in [-0.4, -0.2) is 9.97 Å². The van der Waals surface area contributed by atoms with E-state index in [2.05, 4.69) is 35.1 Å². The fourth-order valence-electron chi connectivity index (χ4n) is 2.99. The predicted molar refractivity (Wildman–Crippen MR) is 129 cm³/mol. The molecule has 5 heteroatoms. The van der Waals surface area contributed by atoms with Gasteiger partial charge in [-0.15, -0.1) is 11.5 Å². The molecule has 0 saturated heterocycles. The van der Waals surface area contributed by atoms with E-state index < -0.39 is 0 Å². The van der Waals surface area contributed by atoms with E-state index in [1.165, 1.54) is 29.8 Å². The SMILES string of the molecule is Cc1cc(-c2ccccn2)cc(-c2ccccn2)c1.[O-]c1ccccc1.[O-]c1ccccc1.[Pt+2]. The zero-order valence-electron chi connectivity index (χ0n) is 18.7. The molecule has 0 amide bonds. The summed E-state index contributed by atoms with van der Waals surface area (Å²) in [7, 11) is 0. The Bertz CT molecular complexity index is 1130. The van der Waals surface area contributed by atoms with Crippen LogP contribution in [0.4, 0.5) is 0 Å². The molecule has 2 aromatic heterocycles. The van der Waals surface area contributed by atoms with Crippen LogP contribution in [0.25, 0.3) is 22.5 Å². The number of aryl methyl sites for hydroxylation is 1. The smallest absolute Gasteiger partial charge is 0.872 e. The van der Waals surface area contributed by atoms with Gasteiger partial charge in [-0.25, -0.2) is 0 Å². The molecule has 0 saturated carbocycles. The van der Waals surface area contributed by atoms with Gasteiger partial charge >= 0.3 is 21.1 Å². The van der Waals surface area contributed by atoms with E-state index in [9.17, 15) is 10.2 Å². The van der Waals surface area contributed by atoms with E-state index in [1.54, 1.807) is 24.3 Å². The molecule has 0 aliphatic heterocycles. The molecule has 2 heterocycles. The van der Waals surface area contributed by atoms with Crippen molar-refractivity contribution in [1.82, 2.24) is 9.97 Å². The van der Waals surface area contributed by atoms with Crippen molar-refractivity contribution in [3.63, 3.8) is 0 Å². The standard InChI is InChI=1S/C17H14N2.2C6H6O.Pt/c1-13-10-14(16-6-2-4-8-18-16)12-15(11-13)17-7-3-5-9-19-17;2*7-6-4-2-1-3-5-6;/h2-12H,1H3;2*1-5,7H;/q;;;+2/p-2. The Labute approximate surface area is 214 Å². The van der Waals surface area contributed by atoms with Crippen LogP contribution in [0.3, 0.4) is 0 Å². The predicted octanol–water partition coefficient (Wildman–Crippen LogP) is 5.64. The summed E-state index contributed by atoms with van der Waals surface area (Å²) in [4.78, 5) is 8.81. The van der Waals surface area contributed by atoms with Gasteiger partial charge in [-0.3, -0.25) is 9.97 Å². The Balaban J connectivity index is 0.000000224. The summed E-state index contributed by atoms with van der Waals surface area (Å²) in [6.07, 6.45) is 3.64. The van der Waals surface area contributed by atoms with Gasteiger partial charge in [0.25, 0.3) is 0 Å². The molecule has 0 radical (unpaired) electrons. The van der Waals surface area contributed by atoms with Crippen LogP contribution in [-0.2, 0) is 21.1 Å². The number of pyridine rings is 2. The van der Waals surface area contributed by atoms with Crippen molar-refractivity contribution in [3.05, 3.63) is 133 Å². The molecule has 0 atom stereocenters. The summed E-state index contributed by atoms with van der Waals surface area (Å²) in [5.74, 6) is 0.144.